The minimum atomic E-state index is -4.64. The number of carbonyl (C=O) groups excluding carboxylic acids is 2. The number of hydrogen-bond donors (Lipinski definition) is 3. The second-order valence-electron chi connectivity index (χ2n) is 15.0. The van der Waals surface area contributed by atoms with E-state index >= 15 is 0 Å². The molecular weight excluding hydrogens is 767 g/mol. The lowest BCUT2D eigenvalue weighted by Crippen LogP contribution is -2.29. The van der Waals surface area contributed by atoms with Crippen molar-refractivity contribution in [2.24, 2.45) is 0 Å². The highest BCUT2D eigenvalue weighted by Gasteiger charge is 2.27. The van der Waals surface area contributed by atoms with Gasteiger partial charge in [-0.3, -0.25) is 18.6 Å². The quantitative estimate of drug-likeness (QED) is 0.0234. The van der Waals surface area contributed by atoms with Crippen LogP contribution in [0, 0.1) is 0 Å². The van der Waals surface area contributed by atoms with Gasteiger partial charge in [0.25, 0.3) is 0 Å². The van der Waals surface area contributed by atoms with Crippen molar-refractivity contribution in [2.75, 3.05) is 26.4 Å². The number of carbonyl (C=O) groups is 2. The molecule has 0 amide bonds. The van der Waals surface area contributed by atoms with Gasteiger partial charge in [-0.05, 0) is 77.0 Å². The molecule has 3 atom stereocenters. The standard InChI is InChI=1S/C48H83O10P/c1-3-5-7-9-11-13-15-17-19-21-22-24-25-27-29-31-33-35-37-39-47(51)55-43-46(44-57-59(53,54)56-42-45(50)41-49)58-48(52)40-38-36-34-32-30-28-26-23-20-18-16-14-12-10-8-6-4-2/h6,8,12,14,17-20,26,28,32,34,45-46,49-50H,3-5,7,9-11,13,15-16,21-25,27,29-31,33,35-44H2,1-2H3,(H,53,54)/b8-6+,14-12+,19-17+,20-18+,28-26+,34-32+/t45-,46+/m0/s1. The second-order valence-corrected chi connectivity index (χ2v) is 16.5. The number of unbranched alkanes of at least 4 members (excludes halogenated alkanes) is 16. The molecule has 0 aliphatic heterocycles. The number of hydrogen-bond acceptors (Lipinski definition) is 9. The van der Waals surface area contributed by atoms with Crippen molar-refractivity contribution in [2.45, 2.75) is 193 Å². The molecule has 0 rings (SSSR count). The van der Waals surface area contributed by atoms with E-state index in [0.717, 1.165) is 51.4 Å². The van der Waals surface area contributed by atoms with Crippen LogP contribution in [0.3, 0.4) is 0 Å². The van der Waals surface area contributed by atoms with Gasteiger partial charge in [0.05, 0.1) is 19.8 Å². The Labute approximate surface area is 358 Å². The molecule has 3 N–H and O–H groups in total. The van der Waals surface area contributed by atoms with Gasteiger partial charge in [0.1, 0.15) is 12.7 Å². The monoisotopic (exact) mass is 851 g/mol. The van der Waals surface area contributed by atoms with Gasteiger partial charge in [-0.25, -0.2) is 4.57 Å². The Hall–Kier alpha value is -2.59. The fraction of sp³-hybridized carbons (Fsp3) is 0.708. The molecule has 10 nitrogen and oxygen atoms in total. The first-order valence-corrected chi connectivity index (χ1v) is 24.4. The van der Waals surface area contributed by atoms with Crippen molar-refractivity contribution in [3.63, 3.8) is 0 Å². The summed E-state index contributed by atoms with van der Waals surface area (Å²) in [7, 11) is -4.64. The second kappa shape index (κ2) is 43.5. The third-order valence-corrected chi connectivity index (χ3v) is 10.3. The minimum absolute atomic E-state index is 0.103. The molecule has 0 aliphatic carbocycles. The predicted molar refractivity (Wildman–Crippen MR) is 242 cm³/mol. The highest BCUT2D eigenvalue weighted by Crippen LogP contribution is 2.43. The Morgan fingerprint density at radius 3 is 1.47 bits per heavy atom. The van der Waals surface area contributed by atoms with E-state index in [2.05, 4.69) is 79.1 Å². The van der Waals surface area contributed by atoms with Crippen LogP contribution in [0.15, 0.2) is 72.9 Å². The molecule has 0 aliphatic rings. The van der Waals surface area contributed by atoms with Gasteiger partial charge in [0, 0.05) is 12.8 Å². The number of ether oxygens (including phenoxy) is 2. The van der Waals surface area contributed by atoms with Crippen molar-refractivity contribution in [1.82, 2.24) is 0 Å². The van der Waals surface area contributed by atoms with E-state index in [-0.39, 0.29) is 19.4 Å². The summed E-state index contributed by atoms with van der Waals surface area (Å²) in [6.45, 7) is 2.19. The van der Waals surface area contributed by atoms with Crippen molar-refractivity contribution >= 4 is 19.8 Å². The van der Waals surface area contributed by atoms with Crippen LogP contribution in [0.25, 0.3) is 0 Å². The molecule has 340 valence electrons. The Kier molecular flexibility index (Phi) is 41.6. The maximum atomic E-state index is 12.6. The zero-order valence-electron chi connectivity index (χ0n) is 36.9. The molecule has 0 saturated carbocycles. The van der Waals surface area contributed by atoms with Crippen LogP contribution in [-0.4, -0.2) is 65.7 Å². The smallest absolute Gasteiger partial charge is 0.462 e. The van der Waals surface area contributed by atoms with E-state index in [1.165, 1.54) is 83.5 Å². The van der Waals surface area contributed by atoms with E-state index in [1.54, 1.807) is 0 Å². The minimum Gasteiger partial charge on any atom is -0.462 e. The Morgan fingerprint density at radius 1 is 0.525 bits per heavy atom. The Bertz CT molecular complexity index is 1210. The first-order valence-electron chi connectivity index (χ1n) is 22.9. The Morgan fingerprint density at radius 2 is 0.949 bits per heavy atom. The highest BCUT2D eigenvalue weighted by molar-refractivity contribution is 7.47. The molecule has 1 unspecified atom stereocenters. The van der Waals surface area contributed by atoms with E-state index in [9.17, 15) is 24.2 Å². The first-order chi connectivity index (χ1) is 28.7. The summed E-state index contributed by atoms with van der Waals surface area (Å²) < 4.78 is 32.7. The number of aliphatic hydroxyl groups excluding tert-OH is 2. The molecule has 0 aromatic carbocycles. The number of rotatable bonds is 42. The van der Waals surface area contributed by atoms with Gasteiger partial charge in [-0.15, -0.1) is 0 Å². The van der Waals surface area contributed by atoms with Gasteiger partial charge in [-0.1, -0.05) is 164 Å². The molecule has 0 bridgehead atoms. The van der Waals surface area contributed by atoms with Crippen LogP contribution in [0.5, 0.6) is 0 Å². The van der Waals surface area contributed by atoms with Gasteiger partial charge < -0.3 is 24.6 Å². The number of esters is 2. The lowest BCUT2D eigenvalue weighted by Gasteiger charge is -2.20. The SMILES string of the molecule is CC/C=C/C/C=C/C/C=C/C/C=C/C/C=C/CCCC(=O)O[C@H](COC(=O)CCCCCCCCCCC/C=C/CCCCCCCC)COP(=O)(O)OC[C@@H](O)CO. The fourth-order valence-electron chi connectivity index (χ4n) is 5.85. The highest BCUT2D eigenvalue weighted by atomic mass is 31.2. The number of phosphoric acid groups is 1. The Balaban J connectivity index is 4.35. The molecule has 11 heteroatoms. The molecule has 0 aromatic heterocycles. The zero-order valence-corrected chi connectivity index (χ0v) is 37.8. The number of aliphatic hydroxyl groups is 2. The van der Waals surface area contributed by atoms with Crippen LogP contribution in [0.2, 0.25) is 0 Å². The third-order valence-electron chi connectivity index (χ3n) is 9.34. The van der Waals surface area contributed by atoms with Gasteiger partial charge in [0.15, 0.2) is 6.10 Å². The molecule has 0 saturated heterocycles. The molecule has 0 heterocycles. The van der Waals surface area contributed by atoms with Gasteiger partial charge >= 0.3 is 19.8 Å². The lowest BCUT2D eigenvalue weighted by atomic mass is 10.1. The van der Waals surface area contributed by atoms with Gasteiger partial charge in [0.2, 0.25) is 0 Å². The molecule has 0 spiro atoms. The average molecular weight is 851 g/mol. The summed E-state index contributed by atoms with van der Waals surface area (Å²) in [4.78, 5) is 35.0. The van der Waals surface area contributed by atoms with Crippen molar-refractivity contribution in [3.8, 4) is 0 Å². The van der Waals surface area contributed by atoms with Crippen LogP contribution in [0.4, 0.5) is 0 Å². The van der Waals surface area contributed by atoms with Crippen molar-refractivity contribution in [3.05, 3.63) is 72.9 Å². The largest absolute Gasteiger partial charge is 0.472 e. The third kappa shape index (κ3) is 43.3. The zero-order chi connectivity index (χ0) is 43.3. The number of phosphoric ester groups is 1. The summed E-state index contributed by atoms with van der Waals surface area (Å²) in [5.41, 5.74) is 0. The van der Waals surface area contributed by atoms with Crippen LogP contribution in [0.1, 0.15) is 181 Å². The molecular formula is C48H83O10P. The molecule has 0 fully saturated rings. The molecule has 59 heavy (non-hydrogen) atoms. The summed E-state index contributed by atoms with van der Waals surface area (Å²) >= 11 is 0. The summed E-state index contributed by atoms with van der Waals surface area (Å²) in [5, 5.41) is 18.3. The van der Waals surface area contributed by atoms with Crippen molar-refractivity contribution in [1.29, 1.82) is 0 Å². The summed E-state index contributed by atoms with van der Waals surface area (Å²) in [6, 6.07) is 0. The summed E-state index contributed by atoms with van der Waals surface area (Å²) in [5.74, 6) is -0.998. The maximum absolute atomic E-state index is 12.6. The van der Waals surface area contributed by atoms with Crippen molar-refractivity contribution < 1.29 is 47.8 Å². The van der Waals surface area contributed by atoms with Crippen LogP contribution < -0.4 is 0 Å². The van der Waals surface area contributed by atoms with E-state index in [1.807, 2.05) is 12.2 Å². The molecule has 0 aromatic rings. The summed E-state index contributed by atoms with van der Waals surface area (Å²) in [6.07, 6.45) is 50.2. The normalized spacial score (nSPS) is 14.5. The maximum Gasteiger partial charge on any atom is 0.472 e. The lowest BCUT2D eigenvalue weighted by molar-refractivity contribution is -0.161. The van der Waals surface area contributed by atoms with E-state index in [4.69, 9.17) is 19.1 Å². The molecule has 0 radical (unpaired) electrons. The van der Waals surface area contributed by atoms with E-state index in [0.29, 0.717) is 19.3 Å². The number of allylic oxidation sites excluding steroid dienone is 12. The first kappa shape index (κ1) is 56.4. The topological polar surface area (TPSA) is 149 Å². The van der Waals surface area contributed by atoms with E-state index < -0.39 is 51.8 Å². The predicted octanol–water partition coefficient (Wildman–Crippen LogP) is 12.4. The van der Waals surface area contributed by atoms with Gasteiger partial charge in [-0.2, -0.15) is 0 Å². The average Bonchev–Trinajstić information content (AvgIpc) is 3.22. The van der Waals surface area contributed by atoms with Crippen LogP contribution >= 0.6 is 7.82 Å². The fourth-order valence-corrected chi connectivity index (χ4v) is 6.64. The van der Waals surface area contributed by atoms with Crippen LogP contribution in [-0.2, 0) is 32.7 Å².